The van der Waals surface area contributed by atoms with Crippen molar-refractivity contribution >= 4 is 46.8 Å². The number of aromatic nitrogens is 1. The third-order valence-corrected chi connectivity index (χ3v) is 9.86. The first-order chi connectivity index (χ1) is 23.4. The number of nitrogens with one attached hydrogen (secondary N) is 5. The molecule has 0 radical (unpaired) electrons. The highest BCUT2D eigenvalue weighted by molar-refractivity contribution is 7.13. The molecular formula is C34H47N7O7S. The van der Waals surface area contributed by atoms with Crippen LogP contribution in [-0.4, -0.2) is 99.8 Å². The molecule has 0 spiro atoms. The standard InChI is InChI=1S/C34H47N7O7S/c1-5-23-29(43)40-27(20(3)42)32(46)39-25(18-22-12-7-6-8-13-22)34(48)41-17-11-15-26(41)31(45)35-16-10-9-14-24(30(44)37-23)38-33(47)28-19(2)36-21(4)49-28/h6-8,12-13,20,23-27,42H,5,9-11,14-18H2,1-4H3,(H,35,45)(H,37,44)(H,38,47)(H,39,46)(H,40,43)/t20-,23+,24+,25-,26+,27+/m1/s1. The molecule has 2 aliphatic heterocycles. The van der Waals surface area contributed by atoms with E-state index in [2.05, 4.69) is 31.6 Å². The van der Waals surface area contributed by atoms with Gasteiger partial charge in [-0.1, -0.05) is 37.3 Å². The lowest BCUT2D eigenvalue weighted by atomic mass is 10.0. The lowest BCUT2D eigenvalue weighted by molar-refractivity contribution is -0.142. The van der Waals surface area contributed by atoms with Crippen molar-refractivity contribution < 1.29 is 33.9 Å². The number of thiazole rings is 1. The first kappa shape index (κ1) is 37.4. The monoisotopic (exact) mass is 697 g/mol. The van der Waals surface area contributed by atoms with Crippen LogP contribution in [0.1, 0.15) is 78.3 Å². The van der Waals surface area contributed by atoms with Crippen molar-refractivity contribution in [1.29, 1.82) is 0 Å². The molecule has 6 amide bonds. The minimum absolute atomic E-state index is 0.123. The molecule has 266 valence electrons. The number of aliphatic hydroxyl groups is 1. The third-order valence-electron chi connectivity index (χ3n) is 8.79. The van der Waals surface area contributed by atoms with E-state index in [1.807, 2.05) is 30.3 Å². The summed E-state index contributed by atoms with van der Waals surface area (Å²) in [6.45, 7) is 7.13. The summed E-state index contributed by atoms with van der Waals surface area (Å²) < 4.78 is 0. The van der Waals surface area contributed by atoms with Crippen LogP contribution in [0.5, 0.6) is 0 Å². The first-order valence-corrected chi connectivity index (χ1v) is 17.7. The largest absolute Gasteiger partial charge is 0.391 e. The first-order valence-electron chi connectivity index (χ1n) is 16.9. The van der Waals surface area contributed by atoms with E-state index in [-0.39, 0.29) is 31.7 Å². The topological polar surface area (TPSA) is 199 Å². The van der Waals surface area contributed by atoms with Crippen molar-refractivity contribution in [2.75, 3.05) is 13.1 Å². The number of carbonyl (C=O) groups excluding carboxylic acids is 6. The van der Waals surface area contributed by atoms with E-state index in [1.165, 1.54) is 23.2 Å². The predicted molar refractivity (Wildman–Crippen MR) is 182 cm³/mol. The molecule has 1 aromatic carbocycles. The fourth-order valence-electron chi connectivity index (χ4n) is 6.14. The molecule has 15 heteroatoms. The molecule has 0 bridgehead atoms. The van der Waals surface area contributed by atoms with Gasteiger partial charge in [-0.15, -0.1) is 11.3 Å². The second-order valence-electron chi connectivity index (χ2n) is 12.6. The number of fused-ring (bicyclic) bond motifs is 1. The molecule has 2 aromatic rings. The predicted octanol–water partition coefficient (Wildman–Crippen LogP) is 0.637. The summed E-state index contributed by atoms with van der Waals surface area (Å²) in [5.41, 5.74) is 1.31. The fourth-order valence-corrected chi connectivity index (χ4v) is 6.96. The Morgan fingerprint density at radius 1 is 0.959 bits per heavy atom. The summed E-state index contributed by atoms with van der Waals surface area (Å²) in [6.07, 6.45) is 1.14. The maximum absolute atomic E-state index is 14.0. The van der Waals surface area contributed by atoms with E-state index in [9.17, 15) is 33.9 Å². The molecule has 0 unspecified atom stereocenters. The van der Waals surface area contributed by atoms with Gasteiger partial charge in [0.05, 0.1) is 16.8 Å². The van der Waals surface area contributed by atoms with E-state index in [0.29, 0.717) is 47.8 Å². The molecule has 6 atom stereocenters. The second-order valence-corrected chi connectivity index (χ2v) is 13.8. The fraction of sp³-hybridized carbons (Fsp3) is 0.559. The Kier molecular flexibility index (Phi) is 13.2. The molecule has 1 aromatic heterocycles. The summed E-state index contributed by atoms with van der Waals surface area (Å²) in [7, 11) is 0. The van der Waals surface area contributed by atoms with Crippen LogP contribution in [0.2, 0.25) is 0 Å². The van der Waals surface area contributed by atoms with Gasteiger partial charge in [-0.05, 0) is 64.9 Å². The zero-order valence-electron chi connectivity index (χ0n) is 28.4. The molecule has 6 N–H and O–H groups in total. The van der Waals surface area contributed by atoms with Crippen molar-refractivity contribution in [3.05, 3.63) is 51.5 Å². The van der Waals surface area contributed by atoms with Gasteiger partial charge in [-0.3, -0.25) is 28.8 Å². The van der Waals surface area contributed by atoms with Crippen molar-refractivity contribution in [2.45, 2.75) is 109 Å². The Morgan fingerprint density at radius 3 is 2.33 bits per heavy atom. The summed E-state index contributed by atoms with van der Waals surface area (Å²) in [5.74, 6) is -3.32. The Balaban J connectivity index is 1.61. The quantitative estimate of drug-likeness (QED) is 0.253. The second kappa shape index (κ2) is 17.3. The van der Waals surface area contributed by atoms with Crippen LogP contribution >= 0.6 is 11.3 Å². The van der Waals surface area contributed by atoms with E-state index in [4.69, 9.17) is 0 Å². The van der Waals surface area contributed by atoms with Gasteiger partial charge in [0.1, 0.15) is 35.1 Å². The van der Waals surface area contributed by atoms with Gasteiger partial charge in [-0.25, -0.2) is 4.98 Å². The van der Waals surface area contributed by atoms with Gasteiger partial charge in [0.25, 0.3) is 5.91 Å². The van der Waals surface area contributed by atoms with Crippen LogP contribution in [-0.2, 0) is 30.4 Å². The molecule has 0 saturated carbocycles. The average Bonchev–Trinajstić information content (AvgIpc) is 3.70. The molecule has 2 fully saturated rings. The molecule has 4 rings (SSSR count). The van der Waals surface area contributed by atoms with E-state index < -0.39 is 65.8 Å². The van der Waals surface area contributed by atoms with E-state index >= 15 is 0 Å². The van der Waals surface area contributed by atoms with Crippen molar-refractivity contribution in [1.82, 2.24) is 36.5 Å². The average molecular weight is 698 g/mol. The number of benzene rings is 1. The number of amides is 6. The number of aliphatic hydroxyl groups excluding tert-OH is 1. The van der Waals surface area contributed by atoms with Crippen LogP contribution in [0.25, 0.3) is 0 Å². The van der Waals surface area contributed by atoms with E-state index in [1.54, 1.807) is 20.8 Å². The van der Waals surface area contributed by atoms with Gasteiger partial charge < -0.3 is 36.6 Å². The summed E-state index contributed by atoms with van der Waals surface area (Å²) in [5, 5.41) is 25.0. The molecule has 3 heterocycles. The van der Waals surface area contributed by atoms with Crippen molar-refractivity contribution in [2.24, 2.45) is 0 Å². The van der Waals surface area contributed by atoms with Crippen LogP contribution < -0.4 is 26.6 Å². The lowest BCUT2D eigenvalue weighted by Gasteiger charge is -2.30. The lowest BCUT2D eigenvalue weighted by Crippen LogP contribution is -2.61. The summed E-state index contributed by atoms with van der Waals surface area (Å²) in [4.78, 5) is 87.3. The van der Waals surface area contributed by atoms with Gasteiger partial charge in [0.2, 0.25) is 29.5 Å². The van der Waals surface area contributed by atoms with Crippen molar-refractivity contribution in [3.8, 4) is 0 Å². The Hall–Kier alpha value is -4.37. The molecule has 2 aliphatic rings. The number of hydrogen-bond donors (Lipinski definition) is 6. The number of nitrogens with zero attached hydrogens (tertiary/aromatic N) is 2. The number of hydrogen-bond acceptors (Lipinski definition) is 9. The molecule has 14 nitrogen and oxygen atoms in total. The Bertz CT molecular complexity index is 1520. The Morgan fingerprint density at radius 2 is 1.67 bits per heavy atom. The van der Waals surface area contributed by atoms with Crippen LogP contribution in [0.15, 0.2) is 30.3 Å². The van der Waals surface area contributed by atoms with Gasteiger partial charge in [0, 0.05) is 19.5 Å². The Labute approximate surface area is 290 Å². The normalized spacial score (nSPS) is 25.4. The SMILES string of the molecule is CC[C@@H]1NC(=O)[C@@H](NC(=O)c2sc(C)nc2C)CCCCNC(=O)[C@@H]2CCCN2C(=O)[C@@H](Cc2ccccc2)NC(=O)[C@H]([C@@H](C)O)NC1=O. The van der Waals surface area contributed by atoms with Crippen molar-refractivity contribution in [3.63, 3.8) is 0 Å². The van der Waals surface area contributed by atoms with Gasteiger partial charge >= 0.3 is 0 Å². The van der Waals surface area contributed by atoms with E-state index in [0.717, 1.165) is 5.56 Å². The van der Waals surface area contributed by atoms with Crippen LogP contribution in [0, 0.1) is 13.8 Å². The molecule has 49 heavy (non-hydrogen) atoms. The summed E-state index contributed by atoms with van der Waals surface area (Å²) >= 11 is 1.21. The highest BCUT2D eigenvalue weighted by Crippen LogP contribution is 2.21. The maximum Gasteiger partial charge on any atom is 0.263 e. The van der Waals surface area contributed by atoms with Crippen LogP contribution in [0.4, 0.5) is 0 Å². The summed E-state index contributed by atoms with van der Waals surface area (Å²) in [6, 6.07) is 3.72. The minimum atomic E-state index is -1.46. The number of aryl methyl sites for hydroxylation is 2. The maximum atomic E-state index is 14.0. The number of carbonyl (C=O) groups is 6. The van der Waals surface area contributed by atoms with Gasteiger partial charge in [-0.2, -0.15) is 0 Å². The highest BCUT2D eigenvalue weighted by Gasteiger charge is 2.39. The molecule has 2 saturated heterocycles. The third kappa shape index (κ3) is 9.85. The smallest absolute Gasteiger partial charge is 0.263 e. The highest BCUT2D eigenvalue weighted by atomic mass is 32.1. The number of rotatable bonds is 6. The minimum Gasteiger partial charge on any atom is -0.391 e. The van der Waals surface area contributed by atoms with Gasteiger partial charge in [0.15, 0.2) is 0 Å². The molecular weight excluding hydrogens is 650 g/mol. The zero-order valence-corrected chi connectivity index (χ0v) is 29.2. The van der Waals surface area contributed by atoms with Crippen LogP contribution in [0.3, 0.4) is 0 Å². The molecule has 0 aliphatic carbocycles. The zero-order chi connectivity index (χ0) is 35.7.